The van der Waals surface area contributed by atoms with E-state index in [1.165, 1.54) is 14.0 Å². The van der Waals surface area contributed by atoms with Crippen LogP contribution in [0, 0.1) is 6.92 Å². The molecular weight excluding hydrogens is 465 g/mol. The number of aryl methyl sites for hydroxylation is 1. The van der Waals surface area contributed by atoms with Gasteiger partial charge in [0, 0.05) is 30.9 Å². The average Bonchev–Trinajstić information content (AvgIpc) is 3.38. The van der Waals surface area contributed by atoms with Gasteiger partial charge in [-0.05, 0) is 48.7 Å². The first kappa shape index (κ1) is 23.1. The number of hydrogen-bond donors (Lipinski definition) is 2. The maximum atomic E-state index is 13.5. The van der Waals surface area contributed by atoms with Crippen molar-refractivity contribution in [2.75, 3.05) is 20.2 Å². The van der Waals surface area contributed by atoms with Gasteiger partial charge in [-0.3, -0.25) is 9.59 Å². The summed E-state index contributed by atoms with van der Waals surface area (Å²) in [5, 5.41) is 4.65. The smallest absolute Gasteiger partial charge is 0.337 e. The van der Waals surface area contributed by atoms with Crippen molar-refractivity contribution in [3.63, 3.8) is 0 Å². The Hall–Kier alpha value is -3.03. The lowest BCUT2D eigenvalue weighted by Crippen LogP contribution is -2.48. The molecule has 0 radical (unpaired) electrons. The van der Waals surface area contributed by atoms with Gasteiger partial charge in [-0.1, -0.05) is 35.3 Å². The number of likely N-dealkylation sites (tertiary alicyclic amines) is 1. The molecule has 1 unspecified atom stereocenters. The Labute approximate surface area is 201 Å². The molecule has 0 spiro atoms. The molecule has 1 aromatic heterocycles. The number of rotatable bonds is 4. The highest BCUT2D eigenvalue weighted by Gasteiger charge is 2.42. The zero-order valence-corrected chi connectivity index (χ0v) is 19.9. The minimum absolute atomic E-state index is 0.0690. The summed E-state index contributed by atoms with van der Waals surface area (Å²) >= 11 is 12.5. The topological polar surface area (TPSA) is 91.5 Å². The number of aromatic nitrogens is 1. The Kier molecular flexibility index (Phi) is 6.12. The number of benzene rings is 2. The minimum atomic E-state index is -0.817. The number of methoxy groups -OCH3 is 1. The molecule has 172 valence electrons. The van der Waals surface area contributed by atoms with Gasteiger partial charge >= 0.3 is 5.97 Å². The molecular formula is C24H23Cl2N3O4. The summed E-state index contributed by atoms with van der Waals surface area (Å²) in [6.07, 6.45) is 0.530. The van der Waals surface area contributed by atoms with Crippen LogP contribution in [0.1, 0.15) is 45.3 Å². The standard InChI is InChI=1S/C24H23Cl2N3O4/c1-13-19-18(9-8-17(25)20(19)26)27-21(13)22(31)28-24(10-11-29(12-24)14(2)30)16-6-4-15(5-7-16)23(32)33-3/h4-9,27H,10-12H2,1-3H3,(H,28,31). The summed E-state index contributed by atoms with van der Waals surface area (Å²) in [5.74, 6) is -0.834. The highest BCUT2D eigenvalue weighted by atomic mass is 35.5. The monoisotopic (exact) mass is 487 g/mol. The van der Waals surface area contributed by atoms with E-state index in [2.05, 4.69) is 10.3 Å². The lowest BCUT2D eigenvalue weighted by atomic mass is 9.88. The molecule has 1 fully saturated rings. The predicted molar refractivity (Wildman–Crippen MR) is 127 cm³/mol. The van der Waals surface area contributed by atoms with Gasteiger partial charge in [-0.25, -0.2) is 4.79 Å². The highest BCUT2D eigenvalue weighted by molar-refractivity contribution is 6.45. The Morgan fingerprint density at radius 1 is 1.12 bits per heavy atom. The Morgan fingerprint density at radius 2 is 1.82 bits per heavy atom. The highest BCUT2D eigenvalue weighted by Crippen LogP contribution is 2.36. The molecule has 0 saturated carbocycles. The summed E-state index contributed by atoms with van der Waals surface area (Å²) in [4.78, 5) is 42.2. The molecule has 2 amide bonds. The number of nitrogens with one attached hydrogen (secondary N) is 2. The van der Waals surface area contributed by atoms with Crippen molar-refractivity contribution in [2.24, 2.45) is 0 Å². The van der Waals surface area contributed by atoms with Crippen LogP contribution in [0.15, 0.2) is 36.4 Å². The van der Waals surface area contributed by atoms with E-state index in [-0.39, 0.29) is 11.8 Å². The van der Waals surface area contributed by atoms with Crippen LogP contribution in [-0.2, 0) is 15.1 Å². The number of nitrogens with zero attached hydrogens (tertiary/aromatic N) is 1. The van der Waals surface area contributed by atoms with E-state index in [4.69, 9.17) is 27.9 Å². The first-order chi connectivity index (χ1) is 15.7. The summed E-state index contributed by atoms with van der Waals surface area (Å²) in [7, 11) is 1.32. The number of amides is 2. The summed E-state index contributed by atoms with van der Waals surface area (Å²) in [6.45, 7) is 4.13. The molecule has 4 rings (SSSR count). The van der Waals surface area contributed by atoms with Crippen LogP contribution in [-0.4, -0.2) is 47.9 Å². The zero-order chi connectivity index (χ0) is 23.9. The van der Waals surface area contributed by atoms with E-state index in [1.54, 1.807) is 41.3 Å². The molecule has 2 heterocycles. The van der Waals surface area contributed by atoms with Gasteiger partial charge in [0.05, 0.1) is 28.3 Å². The number of ether oxygens (including phenoxy) is 1. The van der Waals surface area contributed by atoms with Crippen molar-refractivity contribution in [1.82, 2.24) is 15.2 Å². The van der Waals surface area contributed by atoms with Crippen LogP contribution >= 0.6 is 23.2 Å². The second-order valence-corrected chi connectivity index (χ2v) is 8.99. The fraction of sp³-hybridized carbons (Fsp3) is 0.292. The van der Waals surface area contributed by atoms with Gasteiger partial charge in [-0.15, -0.1) is 0 Å². The summed E-state index contributed by atoms with van der Waals surface area (Å²) in [6, 6.07) is 10.3. The van der Waals surface area contributed by atoms with Crippen LogP contribution in [0.3, 0.4) is 0 Å². The molecule has 9 heteroatoms. The van der Waals surface area contributed by atoms with Crippen molar-refractivity contribution in [3.05, 3.63) is 68.8 Å². The Morgan fingerprint density at radius 3 is 2.42 bits per heavy atom. The molecule has 7 nitrogen and oxygen atoms in total. The number of H-pyrrole nitrogens is 1. The first-order valence-corrected chi connectivity index (χ1v) is 11.2. The van der Waals surface area contributed by atoms with Crippen molar-refractivity contribution in [3.8, 4) is 0 Å². The lowest BCUT2D eigenvalue weighted by Gasteiger charge is -2.31. The van der Waals surface area contributed by atoms with Gasteiger partial charge in [0.15, 0.2) is 0 Å². The average molecular weight is 488 g/mol. The number of carbonyl (C=O) groups excluding carboxylic acids is 3. The van der Waals surface area contributed by atoms with Crippen LogP contribution in [0.4, 0.5) is 0 Å². The predicted octanol–water partition coefficient (Wildman–Crippen LogP) is 4.45. The SMILES string of the molecule is COC(=O)c1ccc(C2(NC(=O)c3[nH]c4ccc(Cl)c(Cl)c4c3C)CCN(C(C)=O)C2)cc1. The third kappa shape index (κ3) is 4.07. The third-order valence-corrected chi connectivity index (χ3v) is 7.06. The minimum Gasteiger partial charge on any atom is -0.465 e. The van der Waals surface area contributed by atoms with Crippen molar-refractivity contribution >= 4 is 51.9 Å². The molecule has 1 aliphatic rings. The summed E-state index contributed by atoms with van der Waals surface area (Å²) in [5.41, 5.74) is 2.15. The summed E-state index contributed by atoms with van der Waals surface area (Å²) < 4.78 is 4.77. The van der Waals surface area contributed by atoms with Gasteiger partial charge in [0.1, 0.15) is 5.69 Å². The maximum absolute atomic E-state index is 13.5. The normalized spacial score (nSPS) is 17.9. The van der Waals surface area contributed by atoms with Gasteiger partial charge < -0.3 is 19.9 Å². The zero-order valence-electron chi connectivity index (χ0n) is 18.4. The van der Waals surface area contributed by atoms with Crippen LogP contribution < -0.4 is 5.32 Å². The van der Waals surface area contributed by atoms with E-state index in [1.807, 2.05) is 6.92 Å². The van der Waals surface area contributed by atoms with E-state index in [0.717, 1.165) is 5.56 Å². The van der Waals surface area contributed by atoms with Crippen LogP contribution in [0.25, 0.3) is 10.9 Å². The van der Waals surface area contributed by atoms with E-state index in [0.29, 0.717) is 57.3 Å². The molecule has 1 saturated heterocycles. The number of esters is 1. The van der Waals surface area contributed by atoms with Crippen molar-refractivity contribution in [2.45, 2.75) is 25.8 Å². The molecule has 3 aromatic rings. The Bertz CT molecular complexity index is 1270. The fourth-order valence-electron chi connectivity index (χ4n) is 4.41. The molecule has 1 atom stereocenters. The number of aromatic amines is 1. The number of carbonyl (C=O) groups is 3. The fourth-order valence-corrected chi connectivity index (χ4v) is 4.88. The van der Waals surface area contributed by atoms with Gasteiger partial charge in [-0.2, -0.15) is 0 Å². The molecule has 33 heavy (non-hydrogen) atoms. The van der Waals surface area contributed by atoms with E-state index in [9.17, 15) is 14.4 Å². The third-order valence-electron chi connectivity index (χ3n) is 6.26. The van der Waals surface area contributed by atoms with E-state index >= 15 is 0 Å². The molecule has 0 aliphatic carbocycles. The largest absolute Gasteiger partial charge is 0.465 e. The second kappa shape index (κ2) is 8.72. The number of hydrogen-bond acceptors (Lipinski definition) is 4. The molecule has 0 bridgehead atoms. The van der Waals surface area contributed by atoms with Crippen LogP contribution in [0.2, 0.25) is 10.0 Å². The molecule has 2 N–H and O–H groups in total. The quantitative estimate of drug-likeness (QED) is 0.531. The van der Waals surface area contributed by atoms with Crippen LogP contribution in [0.5, 0.6) is 0 Å². The lowest BCUT2D eigenvalue weighted by molar-refractivity contribution is -0.128. The number of halogens is 2. The van der Waals surface area contributed by atoms with E-state index < -0.39 is 11.5 Å². The molecule has 1 aliphatic heterocycles. The molecule has 2 aromatic carbocycles. The maximum Gasteiger partial charge on any atom is 0.337 e. The van der Waals surface area contributed by atoms with Crippen molar-refractivity contribution in [1.29, 1.82) is 0 Å². The second-order valence-electron chi connectivity index (χ2n) is 8.20. The Balaban J connectivity index is 1.72. The van der Waals surface area contributed by atoms with Gasteiger partial charge in [0.2, 0.25) is 5.91 Å². The van der Waals surface area contributed by atoms with Crippen molar-refractivity contribution < 1.29 is 19.1 Å². The number of fused-ring (bicyclic) bond motifs is 1. The van der Waals surface area contributed by atoms with Gasteiger partial charge in [0.25, 0.3) is 5.91 Å². The first-order valence-electron chi connectivity index (χ1n) is 10.4.